The predicted molar refractivity (Wildman–Crippen MR) is 109 cm³/mol. The van der Waals surface area contributed by atoms with Crippen LogP contribution in [0, 0.1) is 34.3 Å². The number of benzene rings is 2. The molecule has 4 rings (SSSR count). The molecule has 3 aromatic rings. The molecule has 0 radical (unpaired) electrons. The van der Waals surface area contributed by atoms with E-state index in [9.17, 15) is 24.1 Å². The molecule has 0 unspecified atom stereocenters. The van der Waals surface area contributed by atoms with Crippen molar-refractivity contribution in [2.24, 2.45) is 5.73 Å². The van der Waals surface area contributed by atoms with Gasteiger partial charge in [-0.15, -0.1) is 11.3 Å². The molecule has 5 nitrogen and oxygen atoms in total. The number of nitriles is 2. The molecule has 0 aliphatic carbocycles. The van der Waals surface area contributed by atoms with Gasteiger partial charge in [-0.3, -0.25) is 9.36 Å². The second-order valence-corrected chi connectivity index (χ2v) is 7.50. The standard InChI is InChI=1S/C22H12F2N4OS/c23-16-7-3-1-5-12(16)9-18-21(29)28-20(27)14(10-25)19(15(11-26)22(28)30-18)13-6-2-4-8-17(13)24/h1-9,19H,27H2/b18-9-/t19-/m1/s1. The Labute approximate surface area is 173 Å². The van der Waals surface area contributed by atoms with Gasteiger partial charge in [0, 0.05) is 11.1 Å². The van der Waals surface area contributed by atoms with E-state index in [0.29, 0.717) is 0 Å². The molecule has 0 saturated carbocycles. The maximum Gasteiger partial charge on any atom is 0.274 e. The second kappa shape index (κ2) is 7.43. The molecule has 0 spiro atoms. The molecule has 1 aliphatic heterocycles. The number of allylic oxidation sites excluding steroid dienone is 1. The number of fused-ring (bicyclic) bond motifs is 1. The van der Waals surface area contributed by atoms with Gasteiger partial charge in [-0.05, 0) is 18.2 Å². The number of thiazole rings is 1. The maximum atomic E-state index is 14.5. The van der Waals surface area contributed by atoms with Gasteiger partial charge in [0.2, 0.25) is 0 Å². The van der Waals surface area contributed by atoms with Crippen LogP contribution in [0.1, 0.15) is 17.0 Å². The van der Waals surface area contributed by atoms with Gasteiger partial charge in [0.05, 0.1) is 33.7 Å². The van der Waals surface area contributed by atoms with Crippen molar-refractivity contribution in [1.82, 2.24) is 4.57 Å². The molecular weight excluding hydrogens is 406 g/mol. The van der Waals surface area contributed by atoms with Crippen LogP contribution in [0.3, 0.4) is 0 Å². The summed E-state index contributed by atoms with van der Waals surface area (Å²) >= 11 is 0.941. The zero-order chi connectivity index (χ0) is 21.4. The summed E-state index contributed by atoms with van der Waals surface area (Å²) in [7, 11) is 0. The molecule has 30 heavy (non-hydrogen) atoms. The van der Waals surface area contributed by atoms with Crippen molar-refractivity contribution < 1.29 is 8.78 Å². The van der Waals surface area contributed by atoms with Gasteiger partial charge < -0.3 is 5.73 Å². The van der Waals surface area contributed by atoms with Crippen molar-refractivity contribution >= 4 is 28.8 Å². The van der Waals surface area contributed by atoms with Crippen LogP contribution >= 0.6 is 11.3 Å². The minimum absolute atomic E-state index is 0.0288. The van der Waals surface area contributed by atoms with E-state index < -0.39 is 23.1 Å². The van der Waals surface area contributed by atoms with E-state index in [1.165, 1.54) is 42.5 Å². The maximum absolute atomic E-state index is 14.5. The summed E-state index contributed by atoms with van der Waals surface area (Å²) in [6.07, 6.45) is 1.36. The number of rotatable bonds is 2. The van der Waals surface area contributed by atoms with Crippen LogP contribution in [0.4, 0.5) is 8.78 Å². The van der Waals surface area contributed by atoms with Crippen molar-refractivity contribution in [3.8, 4) is 12.1 Å². The summed E-state index contributed by atoms with van der Waals surface area (Å²) in [4.78, 5) is 13.0. The molecule has 8 heteroatoms. The third-order valence-corrected chi connectivity index (χ3v) is 5.91. The Morgan fingerprint density at radius 1 is 1.00 bits per heavy atom. The quantitative estimate of drug-likeness (QED) is 0.690. The first-order chi connectivity index (χ1) is 14.5. The van der Waals surface area contributed by atoms with Crippen LogP contribution in [0.25, 0.3) is 17.5 Å². The number of aromatic nitrogens is 1. The average molecular weight is 418 g/mol. The number of hydrogen-bond donors (Lipinski definition) is 1. The monoisotopic (exact) mass is 418 g/mol. The molecule has 0 fully saturated rings. The van der Waals surface area contributed by atoms with Crippen molar-refractivity contribution in [3.63, 3.8) is 0 Å². The van der Waals surface area contributed by atoms with E-state index in [1.807, 2.05) is 12.1 Å². The second-order valence-electron chi connectivity index (χ2n) is 6.47. The van der Waals surface area contributed by atoms with Gasteiger partial charge in [-0.2, -0.15) is 10.5 Å². The van der Waals surface area contributed by atoms with Gasteiger partial charge >= 0.3 is 0 Å². The lowest BCUT2D eigenvalue weighted by atomic mass is 9.84. The zero-order valence-electron chi connectivity index (χ0n) is 15.3. The first kappa shape index (κ1) is 19.3. The molecular formula is C22H12F2N4OS. The fraction of sp³-hybridized carbons (Fsp3) is 0.0455. The van der Waals surface area contributed by atoms with E-state index in [-0.39, 0.29) is 37.3 Å². The molecule has 0 amide bonds. The molecule has 1 atom stereocenters. The molecule has 146 valence electrons. The number of nitrogens with zero attached hydrogens (tertiary/aromatic N) is 3. The van der Waals surface area contributed by atoms with Crippen molar-refractivity contribution in [2.45, 2.75) is 5.92 Å². The van der Waals surface area contributed by atoms with Crippen LogP contribution in [-0.2, 0) is 0 Å². The van der Waals surface area contributed by atoms with Gasteiger partial charge in [0.15, 0.2) is 0 Å². The third kappa shape index (κ3) is 2.91. The number of hydrogen-bond acceptors (Lipinski definition) is 5. The first-order valence-electron chi connectivity index (χ1n) is 8.75. The first-order valence-corrected chi connectivity index (χ1v) is 9.56. The number of halogens is 2. The van der Waals surface area contributed by atoms with Crippen LogP contribution in [0.2, 0.25) is 0 Å². The number of nitrogens with two attached hydrogens (primary N) is 1. The summed E-state index contributed by atoms with van der Waals surface area (Å²) in [5.41, 5.74) is 5.79. The Morgan fingerprint density at radius 2 is 1.63 bits per heavy atom. The van der Waals surface area contributed by atoms with E-state index in [2.05, 4.69) is 0 Å². The van der Waals surface area contributed by atoms with Gasteiger partial charge in [0.25, 0.3) is 5.56 Å². The highest BCUT2D eigenvalue weighted by molar-refractivity contribution is 7.07. The smallest absolute Gasteiger partial charge is 0.274 e. The van der Waals surface area contributed by atoms with Crippen LogP contribution in [-0.4, -0.2) is 4.57 Å². The van der Waals surface area contributed by atoms with Gasteiger partial charge in [-0.25, -0.2) is 8.78 Å². The highest BCUT2D eigenvalue weighted by Crippen LogP contribution is 2.36. The molecule has 2 N–H and O–H groups in total. The average Bonchev–Trinajstić information content (AvgIpc) is 3.06. The van der Waals surface area contributed by atoms with Crippen LogP contribution in [0.15, 0.2) is 58.9 Å². The highest BCUT2D eigenvalue weighted by Gasteiger charge is 2.33. The summed E-state index contributed by atoms with van der Waals surface area (Å²) < 4.78 is 29.9. The third-order valence-electron chi connectivity index (χ3n) is 4.80. The molecule has 2 aromatic carbocycles. The van der Waals surface area contributed by atoms with E-state index in [0.717, 1.165) is 15.9 Å². The van der Waals surface area contributed by atoms with Gasteiger partial charge in [0.1, 0.15) is 22.1 Å². The fourth-order valence-corrected chi connectivity index (χ4v) is 4.52. The fourth-order valence-electron chi connectivity index (χ4n) is 3.41. The van der Waals surface area contributed by atoms with Crippen molar-refractivity contribution in [2.75, 3.05) is 0 Å². The van der Waals surface area contributed by atoms with E-state index >= 15 is 0 Å². The zero-order valence-corrected chi connectivity index (χ0v) is 16.1. The minimum Gasteiger partial charge on any atom is -0.384 e. The lowest BCUT2D eigenvalue weighted by Crippen LogP contribution is -2.38. The Kier molecular flexibility index (Phi) is 4.78. The molecule has 0 saturated heterocycles. The molecule has 1 aromatic heterocycles. The topological polar surface area (TPSA) is 95.6 Å². The SMILES string of the molecule is N#CC1=C(N)n2c(s/c(=C\c3ccccc3F)c2=O)=C(C#N)[C@@H]1c1ccccc1F. The summed E-state index contributed by atoms with van der Waals surface area (Å²) in [5.74, 6) is -2.32. The Balaban J connectivity index is 2.10. The van der Waals surface area contributed by atoms with Crippen molar-refractivity contribution in [3.05, 3.63) is 96.4 Å². The molecule has 1 aliphatic rings. The van der Waals surface area contributed by atoms with Crippen LogP contribution in [0.5, 0.6) is 0 Å². The summed E-state index contributed by atoms with van der Waals surface area (Å²) in [6, 6.07) is 15.6. The lowest BCUT2D eigenvalue weighted by Gasteiger charge is -2.22. The normalized spacial score (nSPS) is 16.2. The van der Waals surface area contributed by atoms with Crippen LogP contribution < -0.4 is 20.5 Å². The largest absolute Gasteiger partial charge is 0.384 e. The Hall–Kier alpha value is -4.01. The summed E-state index contributed by atoms with van der Waals surface area (Å²) in [6.45, 7) is 0. The predicted octanol–water partition coefficient (Wildman–Crippen LogP) is 2.14. The van der Waals surface area contributed by atoms with E-state index in [4.69, 9.17) is 5.73 Å². The Bertz CT molecular complexity index is 1480. The molecule has 0 bridgehead atoms. The minimum atomic E-state index is -1.04. The highest BCUT2D eigenvalue weighted by atomic mass is 32.1. The van der Waals surface area contributed by atoms with E-state index in [1.54, 1.807) is 12.1 Å². The summed E-state index contributed by atoms with van der Waals surface area (Å²) in [5, 5.41) is 19.5. The van der Waals surface area contributed by atoms with Gasteiger partial charge in [-0.1, -0.05) is 36.4 Å². The Morgan fingerprint density at radius 3 is 2.27 bits per heavy atom. The molecule has 2 heterocycles. The lowest BCUT2D eigenvalue weighted by molar-refractivity contribution is 0.609. The van der Waals surface area contributed by atoms with Crippen molar-refractivity contribution in [1.29, 1.82) is 10.5 Å².